The Hall–Kier alpha value is -1.86. The van der Waals surface area contributed by atoms with Gasteiger partial charge in [-0.15, -0.1) is 0 Å². The van der Waals surface area contributed by atoms with Crippen molar-refractivity contribution in [1.29, 1.82) is 5.26 Å². The Morgan fingerprint density at radius 2 is 1.78 bits per heavy atom. The molecule has 0 spiro atoms. The Kier molecular flexibility index (Phi) is 5.30. The molecule has 1 amide bonds. The van der Waals surface area contributed by atoms with Gasteiger partial charge in [0.25, 0.3) is 0 Å². The Morgan fingerprint density at radius 1 is 1.09 bits per heavy atom. The smallest absolute Gasteiger partial charge is 0.225 e. The van der Waals surface area contributed by atoms with Gasteiger partial charge in [-0.3, -0.25) is 9.69 Å². The van der Waals surface area contributed by atoms with Crippen LogP contribution in [0.2, 0.25) is 0 Å². The zero-order valence-corrected chi connectivity index (χ0v) is 13.7. The van der Waals surface area contributed by atoms with E-state index in [0.29, 0.717) is 5.91 Å². The maximum atomic E-state index is 12.6. The quantitative estimate of drug-likeness (QED) is 0.862. The summed E-state index contributed by atoms with van der Waals surface area (Å²) in [6, 6.07) is 10.1. The molecule has 0 radical (unpaired) electrons. The Morgan fingerprint density at radius 3 is 2.48 bits per heavy atom. The van der Waals surface area contributed by atoms with Crippen molar-refractivity contribution in [2.24, 2.45) is 5.92 Å². The third-order valence-electron chi connectivity index (χ3n) is 5.14. The molecule has 0 aliphatic carbocycles. The molecule has 23 heavy (non-hydrogen) atoms. The number of hydrogen-bond donors (Lipinski definition) is 0. The van der Waals surface area contributed by atoms with Crippen LogP contribution >= 0.6 is 0 Å². The van der Waals surface area contributed by atoms with Crippen molar-refractivity contribution < 1.29 is 4.79 Å². The molecule has 4 heteroatoms. The van der Waals surface area contributed by atoms with Crippen LogP contribution in [0.15, 0.2) is 24.3 Å². The molecule has 3 rings (SSSR count). The first-order chi connectivity index (χ1) is 11.3. The lowest BCUT2D eigenvalue weighted by atomic mass is 9.94. The van der Waals surface area contributed by atoms with Crippen molar-refractivity contribution in [1.82, 2.24) is 9.80 Å². The molecule has 2 fully saturated rings. The van der Waals surface area contributed by atoms with Crippen LogP contribution < -0.4 is 0 Å². The first kappa shape index (κ1) is 16.0. The van der Waals surface area contributed by atoms with Gasteiger partial charge in [-0.1, -0.05) is 18.2 Å². The van der Waals surface area contributed by atoms with E-state index in [-0.39, 0.29) is 5.92 Å². The van der Waals surface area contributed by atoms with Gasteiger partial charge >= 0.3 is 0 Å². The highest BCUT2D eigenvalue weighted by Gasteiger charge is 2.29. The third kappa shape index (κ3) is 3.92. The van der Waals surface area contributed by atoms with Crippen molar-refractivity contribution in [3.05, 3.63) is 35.4 Å². The predicted octanol–water partition coefficient (Wildman–Crippen LogP) is 2.78. The molecule has 0 N–H and O–H groups in total. The lowest BCUT2D eigenvalue weighted by Crippen LogP contribution is -2.44. The number of hydrogen-bond acceptors (Lipinski definition) is 3. The molecule has 0 aromatic heterocycles. The molecule has 0 atom stereocenters. The summed E-state index contributed by atoms with van der Waals surface area (Å²) in [5.41, 5.74) is 1.86. The average Bonchev–Trinajstić information content (AvgIpc) is 2.63. The van der Waals surface area contributed by atoms with Crippen molar-refractivity contribution in [3.63, 3.8) is 0 Å². The highest BCUT2D eigenvalue weighted by molar-refractivity contribution is 5.79. The summed E-state index contributed by atoms with van der Waals surface area (Å²) in [6.45, 7) is 4.62. The highest BCUT2D eigenvalue weighted by Crippen LogP contribution is 2.23. The van der Waals surface area contributed by atoms with E-state index in [1.54, 1.807) is 0 Å². The molecule has 0 saturated carbocycles. The summed E-state index contributed by atoms with van der Waals surface area (Å²) in [6.07, 6.45) is 5.49. The molecule has 0 unspecified atom stereocenters. The Bertz CT molecular complexity index is 579. The Labute approximate surface area is 138 Å². The summed E-state index contributed by atoms with van der Waals surface area (Å²) >= 11 is 0. The zero-order valence-electron chi connectivity index (χ0n) is 13.7. The largest absolute Gasteiger partial charge is 0.342 e. The average molecular weight is 311 g/mol. The number of carbonyl (C=O) groups is 1. The first-order valence-corrected chi connectivity index (χ1v) is 8.77. The summed E-state index contributed by atoms with van der Waals surface area (Å²) in [5.74, 6) is 0.581. The minimum absolute atomic E-state index is 0.204. The van der Waals surface area contributed by atoms with Crippen LogP contribution in [0.3, 0.4) is 0 Å². The summed E-state index contributed by atoms with van der Waals surface area (Å²) in [7, 11) is 0. The summed E-state index contributed by atoms with van der Waals surface area (Å²) in [4.78, 5) is 17.0. The lowest BCUT2D eigenvalue weighted by molar-refractivity contribution is -0.138. The SMILES string of the molecule is N#Cc1ccccc1CN1CCC(C(=O)N2CCCCC2)CC1. The summed E-state index contributed by atoms with van der Waals surface area (Å²) in [5, 5.41) is 9.19. The normalized spacial score (nSPS) is 20.2. The van der Waals surface area contributed by atoms with E-state index in [1.165, 1.54) is 6.42 Å². The molecular weight excluding hydrogens is 286 g/mol. The van der Waals surface area contributed by atoms with E-state index < -0.39 is 0 Å². The topological polar surface area (TPSA) is 47.3 Å². The second-order valence-corrected chi connectivity index (χ2v) is 6.71. The maximum absolute atomic E-state index is 12.6. The monoisotopic (exact) mass is 311 g/mol. The molecule has 4 nitrogen and oxygen atoms in total. The van der Waals surface area contributed by atoms with Crippen LogP contribution in [-0.2, 0) is 11.3 Å². The van der Waals surface area contributed by atoms with Gasteiger partial charge in [0.15, 0.2) is 0 Å². The van der Waals surface area contributed by atoms with Crippen molar-refractivity contribution in [3.8, 4) is 6.07 Å². The van der Waals surface area contributed by atoms with Gasteiger partial charge in [-0.2, -0.15) is 5.26 Å². The predicted molar refractivity (Wildman–Crippen MR) is 89.6 cm³/mol. The maximum Gasteiger partial charge on any atom is 0.225 e. The molecule has 2 aliphatic rings. The molecule has 2 saturated heterocycles. The van der Waals surface area contributed by atoms with Gasteiger partial charge in [0.2, 0.25) is 5.91 Å². The van der Waals surface area contributed by atoms with Gasteiger partial charge in [-0.25, -0.2) is 0 Å². The molecule has 0 bridgehead atoms. The van der Waals surface area contributed by atoms with Crippen LogP contribution in [0, 0.1) is 17.2 Å². The third-order valence-corrected chi connectivity index (χ3v) is 5.14. The minimum Gasteiger partial charge on any atom is -0.342 e. The number of nitriles is 1. The van der Waals surface area contributed by atoms with Gasteiger partial charge in [-0.05, 0) is 56.8 Å². The Balaban J connectivity index is 1.52. The fourth-order valence-corrected chi connectivity index (χ4v) is 3.72. The van der Waals surface area contributed by atoms with Gasteiger partial charge < -0.3 is 4.90 Å². The molecule has 1 aromatic carbocycles. The fourth-order valence-electron chi connectivity index (χ4n) is 3.72. The van der Waals surface area contributed by atoms with Crippen molar-refractivity contribution in [2.75, 3.05) is 26.2 Å². The number of piperidine rings is 2. The van der Waals surface area contributed by atoms with Gasteiger partial charge in [0.05, 0.1) is 11.6 Å². The van der Waals surface area contributed by atoms with Crippen molar-refractivity contribution in [2.45, 2.75) is 38.6 Å². The second kappa shape index (κ2) is 7.61. The van der Waals surface area contributed by atoms with Crippen LogP contribution in [0.5, 0.6) is 0 Å². The number of carbonyl (C=O) groups excluding carboxylic acids is 1. The van der Waals surface area contributed by atoms with E-state index in [0.717, 1.165) is 69.5 Å². The molecule has 1 aromatic rings. The highest BCUT2D eigenvalue weighted by atomic mass is 16.2. The number of amides is 1. The number of benzene rings is 1. The van der Waals surface area contributed by atoms with Crippen LogP contribution in [0.4, 0.5) is 0 Å². The molecule has 122 valence electrons. The zero-order chi connectivity index (χ0) is 16.1. The van der Waals surface area contributed by atoms with Crippen molar-refractivity contribution >= 4 is 5.91 Å². The number of nitrogens with zero attached hydrogens (tertiary/aromatic N) is 3. The standard InChI is InChI=1S/C19H25N3O/c20-14-17-6-2-3-7-18(17)15-21-12-8-16(9-13-21)19(23)22-10-4-1-5-11-22/h2-3,6-7,16H,1,4-5,8-13,15H2. The number of likely N-dealkylation sites (tertiary alicyclic amines) is 2. The van der Waals surface area contributed by atoms with Gasteiger partial charge in [0, 0.05) is 25.6 Å². The first-order valence-electron chi connectivity index (χ1n) is 8.77. The molecule has 2 heterocycles. The fraction of sp³-hybridized carbons (Fsp3) is 0.579. The molecular formula is C19H25N3O. The van der Waals surface area contributed by atoms with Crippen LogP contribution in [0.1, 0.15) is 43.2 Å². The van der Waals surface area contributed by atoms with E-state index in [2.05, 4.69) is 15.9 Å². The van der Waals surface area contributed by atoms with E-state index in [1.807, 2.05) is 24.3 Å². The van der Waals surface area contributed by atoms with E-state index in [4.69, 9.17) is 0 Å². The van der Waals surface area contributed by atoms with E-state index in [9.17, 15) is 10.1 Å². The van der Waals surface area contributed by atoms with Gasteiger partial charge in [0.1, 0.15) is 0 Å². The minimum atomic E-state index is 0.204. The van der Waals surface area contributed by atoms with Crippen LogP contribution in [-0.4, -0.2) is 41.9 Å². The lowest BCUT2D eigenvalue weighted by Gasteiger charge is -2.35. The summed E-state index contributed by atoms with van der Waals surface area (Å²) < 4.78 is 0. The number of rotatable bonds is 3. The second-order valence-electron chi connectivity index (χ2n) is 6.71. The molecule has 2 aliphatic heterocycles. The van der Waals surface area contributed by atoms with E-state index >= 15 is 0 Å². The van der Waals surface area contributed by atoms with Crippen LogP contribution in [0.25, 0.3) is 0 Å².